The molecular weight excluding hydrogens is 200 g/mol. The third kappa shape index (κ3) is 2.63. The molecule has 0 radical (unpaired) electrons. The van der Waals surface area contributed by atoms with Crippen LogP contribution in [-0.4, -0.2) is 23.4 Å². The highest BCUT2D eigenvalue weighted by molar-refractivity contribution is 5.14. The molecule has 1 aromatic carbocycles. The molecule has 0 aromatic heterocycles. The van der Waals surface area contributed by atoms with Gasteiger partial charge >= 0.3 is 0 Å². The van der Waals surface area contributed by atoms with E-state index in [1.165, 1.54) is 5.56 Å². The quantitative estimate of drug-likeness (QED) is 0.845. The molecule has 2 unspecified atom stereocenters. The van der Waals surface area contributed by atoms with E-state index in [-0.39, 0.29) is 6.10 Å². The summed E-state index contributed by atoms with van der Waals surface area (Å²) < 4.78 is 5.42. The first-order valence-electron chi connectivity index (χ1n) is 6.09. The van der Waals surface area contributed by atoms with Crippen LogP contribution in [0.4, 0.5) is 0 Å². The van der Waals surface area contributed by atoms with E-state index < -0.39 is 5.60 Å². The Hall–Kier alpha value is -0.860. The zero-order valence-electron chi connectivity index (χ0n) is 9.86. The summed E-state index contributed by atoms with van der Waals surface area (Å²) in [6, 6.07) is 10.4. The maximum absolute atomic E-state index is 10.3. The maximum Gasteiger partial charge on any atom is 0.0927 e. The van der Waals surface area contributed by atoms with E-state index in [2.05, 4.69) is 24.3 Å². The number of hydrogen-bond acceptors (Lipinski definition) is 2. The van der Waals surface area contributed by atoms with Crippen LogP contribution in [0.5, 0.6) is 0 Å². The molecule has 1 heterocycles. The Morgan fingerprint density at radius 3 is 2.75 bits per heavy atom. The zero-order valence-corrected chi connectivity index (χ0v) is 9.86. The van der Waals surface area contributed by atoms with E-state index in [4.69, 9.17) is 4.74 Å². The van der Waals surface area contributed by atoms with Gasteiger partial charge in [0.05, 0.1) is 11.7 Å². The molecule has 2 nitrogen and oxygen atoms in total. The van der Waals surface area contributed by atoms with E-state index in [1.54, 1.807) is 0 Å². The summed E-state index contributed by atoms with van der Waals surface area (Å²) in [6.07, 6.45) is 3.67. The first-order chi connectivity index (χ1) is 7.71. The van der Waals surface area contributed by atoms with Crippen molar-refractivity contribution < 1.29 is 9.84 Å². The summed E-state index contributed by atoms with van der Waals surface area (Å²) in [6.45, 7) is 2.67. The molecule has 0 bridgehead atoms. The predicted molar refractivity (Wildman–Crippen MR) is 64.4 cm³/mol. The monoisotopic (exact) mass is 220 g/mol. The van der Waals surface area contributed by atoms with E-state index in [9.17, 15) is 5.11 Å². The van der Waals surface area contributed by atoms with Gasteiger partial charge in [0.15, 0.2) is 0 Å². The molecule has 2 rings (SSSR count). The first kappa shape index (κ1) is 11.6. The minimum absolute atomic E-state index is 0.0109. The van der Waals surface area contributed by atoms with Crippen LogP contribution < -0.4 is 0 Å². The predicted octanol–water partition coefficient (Wildman–Crippen LogP) is 2.55. The molecular formula is C14H20O2. The topological polar surface area (TPSA) is 29.5 Å². The van der Waals surface area contributed by atoms with Crippen LogP contribution in [0, 0.1) is 0 Å². The average Bonchev–Trinajstić information content (AvgIpc) is 2.61. The summed E-state index contributed by atoms with van der Waals surface area (Å²) in [5.74, 6) is 0. The number of ether oxygens (including phenoxy) is 1. The molecule has 1 aliphatic rings. The zero-order chi connectivity index (χ0) is 11.4. The van der Waals surface area contributed by atoms with Gasteiger partial charge in [0.1, 0.15) is 0 Å². The Balaban J connectivity index is 1.80. The van der Waals surface area contributed by atoms with Crippen molar-refractivity contribution in [2.45, 2.75) is 44.3 Å². The van der Waals surface area contributed by atoms with Gasteiger partial charge in [-0.15, -0.1) is 0 Å². The largest absolute Gasteiger partial charge is 0.387 e. The third-order valence-electron chi connectivity index (χ3n) is 3.58. The van der Waals surface area contributed by atoms with Crippen molar-refractivity contribution in [1.82, 2.24) is 0 Å². The Kier molecular flexibility index (Phi) is 3.62. The minimum atomic E-state index is -0.589. The number of aliphatic hydroxyl groups is 1. The van der Waals surface area contributed by atoms with Gasteiger partial charge < -0.3 is 9.84 Å². The lowest BCUT2D eigenvalue weighted by atomic mass is 9.89. The number of rotatable bonds is 4. The van der Waals surface area contributed by atoms with Gasteiger partial charge in [0.2, 0.25) is 0 Å². The van der Waals surface area contributed by atoms with Crippen LogP contribution >= 0.6 is 0 Å². The highest BCUT2D eigenvalue weighted by atomic mass is 16.5. The van der Waals surface area contributed by atoms with Gasteiger partial charge in [0, 0.05) is 13.0 Å². The second-order valence-corrected chi connectivity index (χ2v) is 4.71. The summed E-state index contributed by atoms with van der Waals surface area (Å²) in [5.41, 5.74) is 0.757. The van der Waals surface area contributed by atoms with E-state index in [0.717, 1.165) is 25.7 Å². The van der Waals surface area contributed by atoms with E-state index in [0.29, 0.717) is 6.61 Å². The average molecular weight is 220 g/mol. The number of hydrogen-bond donors (Lipinski definition) is 1. The number of benzene rings is 1. The summed E-state index contributed by atoms with van der Waals surface area (Å²) in [7, 11) is 0. The molecule has 0 aliphatic carbocycles. The van der Waals surface area contributed by atoms with E-state index >= 15 is 0 Å². The van der Waals surface area contributed by atoms with Crippen molar-refractivity contribution in [2.24, 2.45) is 0 Å². The normalized spacial score (nSPS) is 29.5. The fourth-order valence-corrected chi connectivity index (χ4v) is 2.34. The van der Waals surface area contributed by atoms with Gasteiger partial charge in [-0.2, -0.15) is 0 Å². The van der Waals surface area contributed by atoms with Crippen molar-refractivity contribution in [3.8, 4) is 0 Å². The standard InChI is InChI=1S/C14H20O2/c1-12-14(15,10-11-16-12)9-5-8-13-6-3-2-4-7-13/h2-4,6-7,12,15H,5,8-11H2,1H3. The van der Waals surface area contributed by atoms with Crippen LogP contribution in [0.2, 0.25) is 0 Å². The second kappa shape index (κ2) is 4.98. The van der Waals surface area contributed by atoms with Crippen LogP contribution in [0.1, 0.15) is 31.7 Å². The molecule has 1 aliphatic heterocycles. The van der Waals surface area contributed by atoms with Gasteiger partial charge in [-0.3, -0.25) is 0 Å². The summed E-state index contributed by atoms with van der Waals surface area (Å²) >= 11 is 0. The van der Waals surface area contributed by atoms with Gasteiger partial charge in [-0.05, 0) is 31.7 Å². The molecule has 1 aromatic rings. The lowest BCUT2D eigenvalue weighted by Gasteiger charge is -2.25. The van der Waals surface area contributed by atoms with Crippen molar-refractivity contribution in [3.63, 3.8) is 0 Å². The molecule has 0 saturated carbocycles. The summed E-state index contributed by atoms with van der Waals surface area (Å²) in [5, 5.41) is 10.3. The first-order valence-corrected chi connectivity index (χ1v) is 6.09. The van der Waals surface area contributed by atoms with Gasteiger partial charge in [0.25, 0.3) is 0 Å². The Bertz CT molecular complexity index is 323. The summed E-state index contributed by atoms with van der Waals surface area (Å²) in [4.78, 5) is 0. The van der Waals surface area contributed by atoms with Crippen molar-refractivity contribution >= 4 is 0 Å². The second-order valence-electron chi connectivity index (χ2n) is 4.71. The van der Waals surface area contributed by atoms with Crippen LogP contribution in [0.3, 0.4) is 0 Å². The molecule has 1 fully saturated rings. The Labute approximate surface area is 97.3 Å². The SMILES string of the molecule is CC1OCCC1(O)CCCc1ccccc1. The van der Waals surface area contributed by atoms with Crippen molar-refractivity contribution in [2.75, 3.05) is 6.61 Å². The highest BCUT2D eigenvalue weighted by Gasteiger charge is 2.38. The van der Waals surface area contributed by atoms with Gasteiger partial charge in [-0.1, -0.05) is 30.3 Å². The van der Waals surface area contributed by atoms with Crippen LogP contribution in [-0.2, 0) is 11.2 Å². The molecule has 2 heteroatoms. The molecule has 0 amide bonds. The highest BCUT2D eigenvalue weighted by Crippen LogP contribution is 2.30. The molecule has 88 valence electrons. The molecule has 1 N–H and O–H groups in total. The van der Waals surface area contributed by atoms with Crippen LogP contribution in [0.25, 0.3) is 0 Å². The lowest BCUT2D eigenvalue weighted by molar-refractivity contribution is -0.0341. The Morgan fingerprint density at radius 2 is 2.12 bits per heavy atom. The maximum atomic E-state index is 10.3. The lowest BCUT2D eigenvalue weighted by Crippen LogP contribution is -2.36. The fraction of sp³-hybridized carbons (Fsp3) is 0.571. The molecule has 16 heavy (non-hydrogen) atoms. The smallest absolute Gasteiger partial charge is 0.0927 e. The molecule has 1 saturated heterocycles. The number of aryl methyl sites for hydroxylation is 1. The minimum Gasteiger partial charge on any atom is -0.387 e. The van der Waals surface area contributed by atoms with E-state index in [1.807, 2.05) is 13.0 Å². The molecule has 0 spiro atoms. The van der Waals surface area contributed by atoms with Crippen LogP contribution in [0.15, 0.2) is 30.3 Å². The molecule has 2 atom stereocenters. The third-order valence-corrected chi connectivity index (χ3v) is 3.58. The fourth-order valence-electron chi connectivity index (χ4n) is 2.34. The van der Waals surface area contributed by atoms with Gasteiger partial charge in [-0.25, -0.2) is 0 Å². The van der Waals surface area contributed by atoms with Crippen molar-refractivity contribution in [1.29, 1.82) is 0 Å². The Morgan fingerprint density at radius 1 is 1.38 bits per heavy atom. The van der Waals surface area contributed by atoms with Crippen molar-refractivity contribution in [3.05, 3.63) is 35.9 Å².